The maximum Gasteiger partial charge on any atom is 0.278 e. The van der Waals surface area contributed by atoms with Crippen LogP contribution in [-0.4, -0.2) is 9.91 Å². The normalized spacial score (nSPS) is 11.7. The minimum Gasteiger partial charge on any atom is -0.354 e. The second-order valence-corrected chi connectivity index (χ2v) is 5.96. The van der Waals surface area contributed by atoms with Crippen molar-refractivity contribution in [3.05, 3.63) is 76.8 Å². The van der Waals surface area contributed by atoms with Crippen LogP contribution in [0.25, 0.3) is 43.4 Å². The molecule has 5 aromatic rings. The highest BCUT2D eigenvalue weighted by atomic mass is 16.6. The van der Waals surface area contributed by atoms with E-state index in [1.54, 1.807) is 6.07 Å². The highest BCUT2D eigenvalue weighted by Crippen LogP contribution is 2.40. The third kappa shape index (κ3) is 1.62. The van der Waals surface area contributed by atoms with E-state index < -0.39 is 0 Å². The quantitative estimate of drug-likeness (QED) is 0.251. The minimum atomic E-state index is -0.282. The van der Waals surface area contributed by atoms with E-state index in [0.29, 0.717) is 5.39 Å². The number of fused-ring (bicyclic) bond motifs is 7. The molecule has 114 valence electrons. The zero-order valence-corrected chi connectivity index (χ0v) is 12.6. The Labute approximate surface area is 136 Å². The first-order chi connectivity index (χ1) is 11.7. The molecule has 0 amide bonds. The second-order valence-electron chi connectivity index (χ2n) is 5.96. The Kier molecular flexibility index (Phi) is 2.48. The zero-order valence-electron chi connectivity index (χ0n) is 12.6. The fourth-order valence-corrected chi connectivity index (χ4v) is 3.63. The lowest BCUT2D eigenvalue weighted by Gasteiger charge is -2.06. The van der Waals surface area contributed by atoms with Crippen molar-refractivity contribution in [2.45, 2.75) is 0 Å². The summed E-state index contributed by atoms with van der Waals surface area (Å²) in [6.07, 6.45) is 0. The van der Waals surface area contributed by atoms with Gasteiger partial charge in [0.2, 0.25) is 0 Å². The molecule has 1 N–H and O–H groups in total. The fraction of sp³-hybridized carbons (Fsp3) is 0. The maximum absolute atomic E-state index is 11.8. The zero-order chi connectivity index (χ0) is 16.3. The number of benzene rings is 4. The first-order valence-electron chi connectivity index (χ1n) is 7.73. The van der Waals surface area contributed by atoms with Crippen molar-refractivity contribution >= 4 is 49.0 Å². The molecule has 0 bridgehead atoms. The fourth-order valence-electron chi connectivity index (χ4n) is 3.63. The van der Waals surface area contributed by atoms with Crippen LogP contribution in [0.5, 0.6) is 0 Å². The molecule has 0 aliphatic carbocycles. The number of hydrogen-bond acceptors (Lipinski definition) is 2. The van der Waals surface area contributed by atoms with Crippen LogP contribution in [-0.2, 0) is 0 Å². The van der Waals surface area contributed by atoms with Crippen LogP contribution >= 0.6 is 0 Å². The van der Waals surface area contributed by atoms with Crippen molar-refractivity contribution in [2.75, 3.05) is 0 Å². The summed E-state index contributed by atoms with van der Waals surface area (Å²) in [5.74, 6) is 0. The summed E-state index contributed by atoms with van der Waals surface area (Å²) in [5, 5.41) is 17.1. The highest BCUT2D eigenvalue weighted by molar-refractivity contribution is 6.25. The maximum atomic E-state index is 11.8. The summed E-state index contributed by atoms with van der Waals surface area (Å²) in [6, 6.07) is 21.4. The Morgan fingerprint density at radius 2 is 1.54 bits per heavy atom. The standard InChI is InChI=1S/C20H12N2O2/c23-22(24)18-11-16-14-7-3-4-8-17(14)21-20(16)15-10-9-12-5-1-2-6-13(12)19(15)18/h1-11,21H. The van der Waals surface area contributed by atoms with Gasteiger partial charge in [-0.25, -0.2) is 0 Å². The summed E-state index contributed by atoms with van der Waals surface area (Å²) in [4.78, 5) is 14.9. The Morgan fingerprint density at radius 3 is 2.38 bits per heavy atom. The minimum absolute atomic E-state index is 0.152. The van der Waals surface area contributed by atoms with E-state index in [0.717, 1.165) is 38.0 Å². The van der Waals surface area contributed by atoms with Crippen molar-refractivity contribution in [3.63, 3.8) is 0 Å². The largest absolute Gasteiger partial charge is 0.354 e. The first kappa shape index (κ1) is 13.1. The monoisotopic (exact) mass is 312 g/mol. The van der Waals surface area contributed by atoms with Gasteiger partial charge >= 0.3 is 0 Å². The van der Waals surface area contributed by atoms with Gasteiger partial charge < -0.3 is 4.98 Å². The van der Waals surface area contributed by atoms with E-state index >= 15 is 0 Å². The van der Waals surface area contributed by atoms with Gasteiger partial charge in [0.1, 0.15) is 0 Å². The Bertz CT molecular complexity index is 1280. The van der Waals surface area contributed by atoms with Crippen molar-refractivity contribution < 1.29 is 4.92 Å². The molecule has 4 nitrogen and oxygen atoms in total. The second kappa shape index (κ2) is 4.55. The number of aromatic amines is 1. The van der Waals surface area contributed by atoms with Gasteiger partial charge in [0.15, 0.2) is 0 Å². The van der Waals surface area contributed by atoms with E-state index in [1.807, 2.05) is 60.7 Å². The third-order valence-corrected chi connectivity index (χ3v) is 4.68. The molecule has 4 heteroatoms. The van der Waals surface area contributed by atoms with E-state index in [-0.39, 0.29) is 10.6 Å². The number of nitro groups is 1. The predicted molar refractivity (Wildman–Crippen MR) is 97.5 cm³/mol. The number of para-hydroxylation sites is 1. The molecule has 0 aliphatic heterocycles. The lowest BCUT2D eigenvalue weighted by atomic mass is 9.98. The number of hydrogen-bond donors (Lipinski definition) is 1. The van der Waals surface area contributed by atoms with E-state index in [4.69, 9.17) is 0 Å². The highest BCUT2D eigenvalue weighted by Gasteiger charge is 2.19. The van der Waals surface area contributed by atoms with Gasteiger partial charge in [0.25, 0.3) is 5.69 Å². The Hall–Kier alpha value is -3.40. The molecule has 0 fully saturated rings. The molecule has 0 saturated heterocycles. The molecule has 0 saturated carbocycles. The number of nitrogens with zero attached hydrogens (tertiary/aromatic N) is 1. The van der Waals surface area contributed by atoms with Crippen LogP contribution in [0.15, 0.2) is 66.7 Å². The van der Waals surface area contributed by atoms with Gasteiger partial charge in [-0.15, -0.1) is 0 Å². The molecular weight excluding hydrogens is 300 g/mol. The van der Waals surface area contributed by atoms with Crippen LogP contribution in [0.3, 0.4) is 0 Å². The molecule has 0 spiro atoms. The molecule has 1 aromatic heterocycles. The van der Waals surface area contributed by atoms with Crippen molar-refractivity contribution in [2.24, 2.45) is 0 Å². The molecular formula is C20H12N2O2. The molecule has 0 radical (unpaired) electrons. The first-order valence-corrected chi connectivity index (χ1v) is 7.73. The predicted octanol–water partition coefficient (Wildman–Crippen LogP) is 5.54. The van der Waals surface area contributed by atoms with Gasteiger partial charge in [0, 0.05) is 27.7 Å². The van der Waals surface area contributed by atoms with Crippen molar-refractivity contribution in [1.82, 2.24) is 4.98 Å². The summed E-state index contributed by atoms with van der Waals surface area (Å²) >= 11 is 0. The van der Waals surface area contributed by atoms with E-state index in [9.17, 15) is 10.1 Å². The Balaban J connectivity index is 2.13. The molecule has 0 aliphatic rings. The van der Waals surface area contributed by atoms with Gasteiger partial charge in [-0.2, -0.15) is 0 Å². The molecule has 4 aromatic carbocycles. The van der Waals surface area contributed by atoms with Gasteiger partial charge in [0.05, 0.1) is 15.8 Å². The molecule has 0 atom stereocenters. The smallest absolute Gasteiger partial charge is 0.278 e. The average molecular weight is 312 g/mol. The van der Waals surface area contributed by atoms with Crippen molar-refractivity contribution in [3.8, 4) is 0 Å². The van der Waals surface area contributed by atoms with Crippen LogP contribution in [0.4, 0.5) is 5.69 Å². The lowest BCUT2D eigenvalue weighted by molar-refractivity contribution is -0.382. The van der Waals surface area contributed by atoms with Gasteiger partial charge in [-0.1, -0.05) is 54.6 Å². The van der Waals surface area contributed by atoms with Crippen molar-refractivity contribution in [1.29, 1.82) is 0 Å². The van der Waals surface area contributed by atoms with Crippen LogP contribution in [0.1, 0.15) is 0 Å². The van der Waals surface area contributed by atoms with Crippen LogP contribution in [0, 0.1) is 10.1 Å². The number of nitrogens with one attached hydrogen (secondary N) is 1. The molecule has 24 heavy (non-hydrogen) atoms. The number of non-ortho nitro benzene ring substituents is 1. The van der Waals surface area contributed by atoms with E-state index in [2.05, 4.69) is 4.98 Å². The average Bonchev–Trinajstić information content (AvgIpc) is 2.99. The van der Waals surface area contributed by atoms with Crippen LogP contribution < -0.4 is 0 Å². The van der Waals surface area contributed by atoms with Crippen LogP contribution in [0.2, 0.25) is 0 Å². The summed E-state index contributed by atoms with van der Waals surface area (Å²) < 4.78 is 0. The number of H-pyrrole nitrogens is 1. The summed E-state index contributed by atoms with van der Waals surface area (Å²) in [6.45, 7) is 0. The summed E-state index contributed by atoms with van der Waals surface area (Å²) in [7, 11) is 0. The summed E-state index contributed by atoms with van der Waals surface area (Å²) in [5.41, 5.74) is 2.09. The molecule has 1 heterocycles. The topological polar surface area (TPSA) is 58.9 Å². The number of aromatic nitrogens is 1. The third-order valence-electron chi connectivity index (χ3n) is 4.68. The Morgan fingerprint density at radius 1 is 0.792 bits per heavy atom. The lowest BCUT2D eigenvalue weighted by Crippen LogP contribution is -1.91. The molecule has 0 unspecified atom stereocenters. The van der Waals surface area contributed by atoms with Gasteiger partial charge in [-0.05, 0) is 16.8 Å². The SMILES string of the molecule is O=[N+]([O-])c1cc2c3ccccc3[nH]c2c2ccc3ccccc3c12. The van der Waals surface area contributed by atoms with E-state index in [1.165, 1.54) is 0 Å². The molecule has 5 rings (SSSR count). The number of rotatable bonds is 1. The van der Waals surface area contributed by atoms with Gasteiger partial charge in [-0.3, -0.25) is 10.1 Å². The number of nitro benzene ring substituents is 1.